The highest BCUT2D eigenvalue weighted by Crippen LogP contribution is 2.38. The molecule has 1 heterocycles. The third kappa shape index (κ3) is 5.31. The molecule has 32 heavy (non-hydrogen) atoms. The fraction of sp³-hybridized carbons (Fsp3) is 0.375. The second-order valence-electron chi connectivity index (χ2n) is 9.29. The number of benzene rings is 2. The first kappa shape index (κ1) is 23.8. The first-order valence-electron chi connectivity index (χ1n) is 10.5. The third-order valence-corrected chi connectivity index (χ3v) is 10.4. The number of hydrogen-bond donors (Lipinski definition) is 0. The summed E-state index contributed by atoms with van der Waals surface area (Å²) in [5.74, 6) is 0.0692. The lowest BCUT2D eigenvalue weighted by Crippen LogP contribution is -2.46. The minimum absolute atomic E-state index is 0.0692. The Bertz CT molecular complexity index is 1110. The minimum atomic E-state index is -2.22. The number of rotatable bonds is 8. The number of hydrogen-bond acceptors (Lipinski definition) is 5. The molecule has 1 aromatic heterocycles. The molecule has 0 aliphatic rings. The van der Waals surface area contributed by atoms with E-state index in [0.29, 0.717) is 11.3 Å². The highest BCUT2D eigenvalue weighted by molar-refractivity contribution is 6.74. The highest BCUT2D eigenvalue weighted by Gasteiger charge is 2.39. The van der Waals surface area contributed by atoms with Crippen molar-refractivity contribution in [1.29, 1.82) is 0 Å². The molecular weight excluding hydrogens is 427 g/mol. The average Bonchev–Trinajstić information content (AvgIpc) is 2.75. The Hall–Kier alpha value is -2.84. The molecule has 0 aliphatic carbocycles. The van der Waals surface area contributed by atoms with Gasteiger partial charge in [-0.3, -0.25) is 10.1 Å². The molecule has 3 aromatic rings. The lowest BCUT2D eigenvalue weighted by molar-refractivity contribution is -0.385. The van der Waals surface area contributed by atoms with Crippen LogP contribution in [0.2, 0.25) is 18.1 Å². The van der Waals surface area contributed by atoms with E-state index in [2.05, 4.69) is 25.8 Å². The predicted octanol–water partition coefficient (Wildman–Crippen LogP) is 6.55. The van der Waals surface area contributed by atoms with Crippen LogP contribution in [0.15, 0.2) is 54.6 Å². The van der Waals surface area contributed by atoms with Gasteiger partial charge in [-0.2, -0.15) is 0 Å². The van der Waals surface area contributed by atoms with Gasteiger partial charge in [-0.15, -0.1) is 0 Å². The topological polar surface area (TPSA) is 74.5 Å². The van der Waals surface area contributed by atoms with E-state index in [9.17, 15) is 14.5 Å². The number of alkyl halides is 1. The van der Waals surface area contributed by atoms with Gasteiger partial charge in [0.2, 0.25) is 0 Å². The lowest BCUT2D eigenvalue weighted by Gasteiger charge is -2.38. The first-order valence-corrected chi connectivity index (χ1v) is 13.4. The van der Waals surface area contributed by atoms with Gasteiger partial charge in [0, 0.05) is 17.0 Å². The van der Waals surface area contributed by atoms with Gasteiger partial charge in [-0.05, 0) is 42.4 Å². The van der Waals surface area contributed by atoms with Crippen molar-refractivity contribution in [1.82, 2.24) is 4.98 Å². The van der Waals surface area contributed by atoms with Gasteiger partial charge in [0.25, 0.3) is 0 Å². The van der Waals surface area contributed by atoms with Crippen molar-refractivity contribution in [2.24, 2.45) is 0 Å². The average molecular weight is 457 g/mol. The van der Waals surface area contributed by atoms with E-state index in [1.54, 1.807) is 12.1 Å². The molecule has 6 nitrogen and oxygen atoms in total. The van der Waals surface area contributed by atoms with E-state index in [4.69, 9.17) is 9.16 Å². The standard InChI is InChI=1S/C24H29FN2O4Si/c1-24(2,3)32(4,5)31-19(15-25)16-30-23-14-18(11-13-22(23)27(28)29)21-12-10-17-8-6-7-9-20(17)26-21/h6-14,19H,15-16H2,1-5H3. The SMILES string of the molecule is CC(C)(C)[Si](C)(C)OC(CF)COc1cc(-c2ccc3ccccc3n2)ccc1[N+](=O)[O-]. The smallest absolute Gasteiger partial charge is 0.310 e. The summed E-state index contributed by atoms with van der Waals surface area (Å²) in [6, 6.07) is 16.1. The maximum absolute atomic E-state index is 13.7. The van der Waals surface area contributed by atoms with Gasteiger partial charge in [0.05, 0.1) is 16.1 Å². The molecule has 0 saturated heterocycles. The van der Waals surface area contributed by atoms with Crippen molar-refractivity contribution < 1.29 is 18.5 Å². The van der Waals surface area contributed by atoms with Crippen molar-refractivity contribution >= 4 is 24.9 Å². The predicted molar refractivity (Wildman–Crippen MR) is 127 cm³/mol. The van der Waals surface area contributed by atoms with Crippen molar-refractivity contribution in [2.75, 3.05) is 13.3 Å². The van der Waals surface area contributed by atoms with E-state index in [0.717, 1.165) is 10.9 Å². The molecule has 0 aliphatic heterocycles. The van der Waals surface area contributed by atoms with Crippen LogP contribution in [0.25, 0.3) is 22.2 Å². The van der Waals surface area contributed by atoms with Crippen LogP contribution in [0.1, 0.15) is 20.8 Å². The molecule has 0 fully saturated rings. The van der Waals surface area contributed by atoms with Gasteiger partial charge in [0.15, 0.2) is 14.1 Å². The lowest BCUT2D eigenvalue weighted by atomic mass is 10.1. The fourth-order valence-corrected chi connectivity index (χ4v) is 4.37. The largest absolute Gasteiger partial charge is 0.484 e. The van der Waals surface area contributed by atoms with Crippen LogP contribution < -0.4 is 4.74 Å². The van der Waals surface area contributed by atoms with Crippen LogP contribution in [0.4, 0.5) is 10.1 Å². The summed E-state index contributed by atoms with van der Waals surface area (Å²) in [6.07, 6.45) is -0.794. The van der Waals surface area contributed by atoms with Crippen LogP contribution in [0.5, 0.6) is 5.75 Å². The summed E-state index contributed by atoms with van der Waals surface area (Å²) >= 11 is 0. The number of pyridine rings is 1. The summed E-state index contributed by atoms with van der Waals surface area (Å²) in [5.41, 5.74) is 1.99. The summed E-state index contributed by atoms with van der Waals surface area (Å²) in [6.45, 7) is 9.43. The summed E-state index contributed by atoms with van der Waals surface area (Å²) < 4.78 is 25.5. The van der Waals surface area contributed by atoms with Crippen molar-refractivity contribution in [2.45, 2.75) is 45.0 Å². The van der Waals surface area contributed by atoms with Crippen molar-refractivity contribution in [3.05, 3.63) is 64.7 Å². The maximum Gasteiger partial charge on any atom is 0.310 e. The van der Waals surface area contributed by atoms with E-state index in [-0.39, 0.29) is 23.1 Å². The number of aromatic nitrogens is 1. The minimum Gasteiger partial charge on any atom is -0.484 e. The van der Waals surface area contributed by atoms with Crippen LogP contribution in [-0.4, -0.2) is 37.6 Å². The van der Waals surface area contributed by atoms with E-state index >= 15 is 0 Å². The van der Waals surface area contributed by atoms with Crippen LogP contribution >= 0.6 is 0 Å². The molecule has 0 bridgehead atoms. The Balaban J connectivity index is 1.86. The highest BCUT2D eigenvalue weighted by atomic mass is 28.4. The molecular formula is C24H29FN2O4Si. The zero-order chi connectivity index (χ0) is 23.5. The third-order valence-electron chi connectivity index (χ3n) is 5.92. The quantitative estimate of drug-likeness (QED) is 0.218. The molecule has 0 saturated carbocycles. The van der Waals surface area contributed by atoms with Crippen LogP contribution in [0, 0.1) is 10.1 Å². The monoisotopic (exact) mass is 456 g/mol. The van der Waals surface area contributed by atoms with Crippen molar-refractivity contribution in [3.8, 4) is 17.0 Å². The summed E-state index contributed by atoms with van der Waals surface area (Å²) in [4.78, 5) is 15.7. The molecule has 2 aromatic carbocycles. The molecule has 0 radical (unpaired) electrons. The zero-order valence-corrected chi connectivity index (χ0v) is 20.1. The van der Waals surface area contributed by atoms with E-state index in [1.807, 2.05) is 49.5 Å². The van der Waals surface area contributed by atoms with Gasteiger partial charge >= 0.3 is 5.69 Å². The van der Waals surface area contributed by atoms with Gasteiger partial charge in [-0.1, -0.05) is 45.0 Å². The first-order chi connectivity index (χ1) is 15.0. The Kier molecular flexibility index (Phi) is 6.95. The normalized spacial score (nSPS) is 13.2. The van der Waals surface area contributed by atoms with Gasteiger partial charge < -0.3 is 9.16 Å². The Morgan fingerprint density at radius 1 is 1.12 bits per heavy atom. The Morgan fingerprint density at radius 3 is 2.50 bits per heavy atom. The summed E-state index contributed by atoms with van der Waals surface area (Å²) in [7, 11) is -2.22. The molecule has 8 heteroatoms. The van der Waals surface area contributed by atoms with E-state index < -0.39 is 26.0 Å². The molecule has 170 valence electrons. The maximum atomic E-state index is 13.7. The summed E-state index contributed by atoms with van der Waals surface area (Å²) in [5, 5.41) is 12.4. The van der Waals surface area contributed by atoms with Crippen molar-refractivity contribution in [3.63, 3.8) is 0 Å². The number of halogens is 1. The molecule has 0 spiro atoms. The Morgan fingerprint density at radius 2 is 1.84 bits per heavy atom. The molecule has 1 unspecified atom stereocenters. The number of nitro groups is 1. The number of fused-ring (bicyclic) bond motifs is 1. The number of para-hydroxylation sites is 1. The van der Waals surface area contributed by atoms with Crippen LogP contribution in [0.3, 0.4) is 0 Å². The van der Waals surface area contributed by atoms with Gasteiger partial charge in [0.1, 0.15) is 19.4 Å². The number of nitro benzene ring substituents is 1. The molecule has 0 N–H and O–H groups in total. The van der Waals surface area contributed by atoms with Crippen LogP contribution in [-0.2, 0) is 4.43 Å². The number of nitrogens with zero attached hydrogens (tertiary/aromatic N) is 2. The Labute approximate surface area is 188 Å². The molecule has 3 rings (SSSR count). The van der Waals surface area contributed by atoms with E-state index in [1.165, 1.54) is 6.07 Å². The number of ether oxygens (including phenoxy) is 1. The second-order valence-corrected chi connectivity index (χ2v) is 14.1. The van der Waals surface area contributed by atoms with Gasteiger partial charge in [-0.25, -0.2) is 9.37 Å². The molecule has 1 atom stereocenters. The zero-order valence-electron chi connectivity index (χ0n) is 19.1. The second kappa shape index (κ2) is 9.34. The molecule has 0 amide bonds. The fourth-order valence-electron chi connectivity index (χ4n) is 3.05.